The van der Waals surface area contributed by atoms with Crippen LogP contribution in [-0.4, -0.2) is 3.97 Å². The van der Waals surface area contributed by atoms with Gasteiger partial charge < -0.3 is 0 Å². The molecule has 0 radical (unpaired) electrons. The number of benzene rings is 2. The first-order chi connectivity index (χ1) is 15.5. The lowest BCUT2D eigenvalue weighted by Crippen LogP contribution is -1.98. The summed E-state index contributed by atoms with van der Waals surface area (Å²) in [6, 6.07) is 17.6. The molecule has 2 aromatic heterocycles. The molecular weight excluding hydrogens is 503 g/mol. The molecule has 2 aromatic carbocycles. The second-order valence-corrected chi connectivity index (χ2v) is 10.6. The topological polar surface area (TPSA) is 28.7 Å². The molecule has 32 heavy (non-hydrogen) atoms. The van der Waals surface area contributed by atoms with E-state index in [0.717, 1.165) is 55.5 Å². The van der Waals surface area contributed by atoms with Crippen LogP contribution in [0.3, 0.4) is 0 Å². The highest BCUT2D eigenvalue weighted by atomic mass is 79.9. The van der Waals surface area contributed by atoms with Crippen LogP contribution in [0.25, 0.3) is 27.6 Å². The van der Waals surface area contributed by atoms with Gasteiger partial charge in [-0.25, -0.2) is 4.39 Å². The van der Waals surface area contributed by atoms with E-state index in [9.17, 15) is 9.65 Å². The molecule has 0 fully saturated rings. The van der Waals surface area contributed by atoms with Crippen molar-refractivity contribution in [3.8, 4) is 17.2 Å². The van der Waals surface area contributed by atoms with Crippen LogP contribution < -0.4 is 0 Å². The standard InChI is InChI=1S/C26H18BrFN2S2/c1-16-5-8-20(9-6-16)32-30-23-10-7-19(28)14-22(23)25(21-11-12-31-24(21)15-29)26(30)17-3-2-4-18(27)13-17/h3,5-14H,2,4H2,1H3. The molecule has 1 aliphatic rings. The lowest BCUT2D eigenvalue weighted by Gasteiger charge is -2.16. The minimum atomic E-state index is -0.286. The van der Waals surface area contributed by atoms with Crippen LogP contribution in [0.1, 0.15) is 29.0 Å². The van der Waals surface area contributed by atoms with Gasteiger partial charge in [0.1, 0.15) is 16.8 Å². The molecule has 0 saturated carbocycles. The van der Waals surface area contributed by atoms with Crippen LogP contribution in [0.4, 0.5) is 4.39 Å². The van der Waals surface area contributed by atoms with E-state index in [2.05, 4.69) is 69.3 Å². The molecule has 5 rings (SSSR count). The molecular formula is C26H18BrFN2S2. The molecule has 2 nitrogen and oxygen atoms in total. The molecule has 0 spiro atoms. The fourth-order valence-electron chi connectivity index (χ4n) is 3.99. The summed E-state index contributed by atoms with van der Waals surface area (Å²) in [7, 11) is 0. The van der Waals surface area contributed by atoms with Crippen molar-refractivity contribution in [2.24, 2.45) is 0 Å². The normalized spacial score (nSPS) is 13.7. The van der Waals surface area contributed by atoms with E-state index in [1.54, 1.807) is 18.0 Å². The van der Waals surface area contributed by atoms with E-state index >= 15 is 0 Å². The van der Waals surface area contributed by atoms with E-state index in [-0.39, 0.29) is 5.82 Å². The van der Waals surface area contributed by atoms with E-state index < -0.39 is 0 Å². The average molecular weight is 521 g/mol. The van der Waals surface area contributed by atoms with E-state index in [1.165, 1.54) is 23.0 Å². The van der Waals surface area contributed by atoms with Crippen LogP contribution in [0.15, 0.2) is 75.4 Å². The van der Waals surface area contributed by atoms with Gasteiger partial charge in [-0.3, -0.25) is 3.97 Å². The quantitative estimate of drug-likeness (QED) is 0.269. The van der Waals surface area contributed by atoms with Gasteiger partial charge in [0, 0.05) is 21.4 Å². The highest BCUT2D eigenvalue weighted by Gasteiger charge is 2.25. The summed E-state index contributed by atoms with van der Waals surface area (Å²) in [5, 5.41) is 12.5. The Balaban J connectivity index is 1.85. The third-order valence-electron chi connectivity index (χ3n) is 5.47. The zero-order valence-electron chi connectivity index (χ0n) is 17.2. The fraction of sp³-hybridized carbons (Fsp3) is 0.115. The van der Waals surface area contributed by atoms with Crippen molar-refractivity contribution >= 4 is 55.7 Å². The summed E-state index contributed by atoms with van der Waals surface area (Å²) >= 11 is 6.70. The summed E-state index contributed by atoms with van der Waals surface area (Å²) in [5.41, 5.74) is 5.94. The maximum absolute atomic E-state index is 14.4. The van der Waals surface area contributed by atoms with Crippen molar-refractivity contribution in [1.82, 2.24) is 3.97 Å². The van der Waals surface area contributed by atoms with Crippen molar-refractivity contribution in [2.45, 2.75) is 24.7 Å². The molecule has 0 atom stereocenters. The third kappa shape index (κ3) is 3.86. The maximum Gasteiger partial charge on any atom is 0.123 e. The number of aromatic nitrogens is 1. The molecule has 0 saturated heterocycles. The van der Waals surface area contributed by atoms with E-state index in [1.807, 2.05) is 17.5 Å². The smallest absolute Gasteiger partial charge is 0.123 e. The Morgan fingerprint density at radius 3 is 2.72 bits per heavy atom. The molecule has 4 aromatic rings. The zero-order chi connectivity index (χ0) is 22.2. The molecule has 0 N–H and O–H groups in total. The number of halogens is 2. The van der Waals surface area contributed by atoms with Gasteiger partial charge in [-0.15, -0.1) is 11.3 Å². The van der Waals surface area contributed by atoms with Gasteiger partial charge in [0.25, 0.3) is 0 Å². The summed E-state index contributed by atoms with van der Waals surface area (Å²) in [6.45, 7) is 2.07. The first-order valence-corrected chi connectivity index (χ1v) is 12.6. The van der Waals surface area contributed by atoms with Gasteiger partial charge in [0.15, 0.2) is 0 Å². The molecule has 158 valence electrons. The fourth-order valence-corrected chi connectivity index (χ4v) is 6.17. The molecule has 1 aliphatic carbocycles. The van der Waals surface area contributed by atoms with Gasteiger partial charge in [-0.05, 0) is 89.6 Å². The number of nitrogens with zero attached hydrogens (tertiary/aromatic N) is 2. The molecule has 0 unspecified atom stereocenters. The number of allylic oxidation sites excluding steroid dienone is 4. The Kier molecular flexibility index (Phi) is 5.81. The number of nitriles is 1. The van der Waals surface area contributed by atoms with Crippen molar-refractivity contribution in [1.29, 1.82) is 5.26 Å². The number of hydrogen-bond acceptors (Lipinski definition) is 3. The molecule has 6 heteroatoms. The summed E-state index contributed by atoms with van der Waals surface area (Å²) in [5.74, 6) is -0.286. The van der Waals surface area contributed by atoms with E-state index in [0.29, 0.717) is 4.88 Å². The van der Waals surface area contributed by atoms with Crippen molar-refractivity contribution in [3.05, 3.63) is 92.5 Å². The van der Waals surface area contributed by atoms with Crippen LogP contribution in [0.2, 0.25) is 0 Å². The second-order valence-electron chi connectivity index (χ2n) is 7.65. The number of hydrogen-bond donors (Lipinski definition) is 0. The van der Waals surface area contributed by atoms with Crippen LogP contribution in [-0.2, 0) is 0 Å². The Morgan fingerprint density at radius 1 is 1.16 bits per heavy atom. The monoisotopic (exact) mass is 520 g/mol. The van der Waals surface area contributed by atoms with Gasteiger partial charge in [0.2, 0.25) is 0 Å². The van der Waals surface area contributed by atoms with Crippen LogP contribution >= 0.6 is 39.2 Å². The molecule has 2 heterocycles. The summed E-state index contributed by atoms with van der Waals surface area (Å²) < 4.78 is 17.8. The minimum absolute atomic E-state index is 0.286. The minimum Gasteiger partial charge on any atom is -0.279 e. The Labute approximate surface area is 203 Å². The third-order valence-corrected chi connectivity index (χ3v) is 7.96. The SMILES string of the molecule is Cc1ccc(Sn2c(C3=CCCC(Br)=C3)c(-c3ccsc3C#N)c3cc(F)ccc32)cc1. The average Bonchev–Trinajstić information content (AvgIpc) is 3.37. The van der Waals surface area contributed by atoms with Gasteiger partial charge in [0.05, 0.1) is 11.2 Å². The molecule has 0 bridgehead atoms. The van der Waals surface area contributed by atoms with Crippen LogP contribution in [0.5, 0.6) is 0 Å². The van der Waals surface area contributed by atoms with Gasteiger partial charge in [-0.1, -0.05) is 39.7 Å². The number of aryl methyl sites for hydroxylation is 1. The van der Waals surface area contributed by atoms with Gasteiger partial charge in [-0.2, -0.15) is 5.26 Å². The first-order valence-electron chi connectivity index (χ1n) is 10.2. The van der Waals surface area contributed by atoms with E-state index in [4.69, 9.17) is 0 Å². The maximum atomic E-state index is 14.4. The zero-order valence-corrected chi connectivity index (χ0v) is 20.5. The number of thiophene rings is 1. The predicted molar refractivity (Wildman–Crippen MR) is 137 cm³/mol. The Bertz CT molecular complexity index is 1440. The Hall–Kier alpha value is -2.59. The molecule has 0 aliphatic heterocycles. The summed E-state index contributed by atoms with van der Waals surface area (Å²) in [4.78, 5) is 1.73. The van der Waals surface area contributed by atoms with Crippen LogP contribution in [0, 0.1) is 24.1 Å². The second kappa shape index (κ2) is 8.74. The van der Waals surface area contributed by atoms with Crippen molar-refractivity contribution < 1.29 is 4.39 Å². The number of fused-ring (bicyclic) bond motifs is 1. The van der Waals surface area contributed by atoms with Gasteiger partial charge >= 0.3 is 0 Å². The molecule has 0 amide bonds. The highest BCUT2D eigenvalue weighted by Crippen LogP contribution is 2.46. The van der Waals surface area contributed by atoms with Crippen molar-refractivity contribution in [2.75, 3.05) is 0 Å². The summed E-state index contributed by atoms with van der Waals surface area (Å²) in [6.07, 6.45) is 6.25. The lowest BCUT2D eigenvalue weighted by molar-refractivity contribution is 0.629. The number of rotatable bonds is 4. The predicted octanol–water partition coefficient (Wildman–Crippen LogP) is 8.70. The Morgan fingerprint density at radius 2 is 1.97 bits per heavy atom. The lowest BCUT2D eigenvalue weighted by atomic mass is 9.96. The largest absolute Gasteiger partial charge is 0.279 e. The first kappa shape index (κ1) is 21.3. The van der Waals surface area contributed by atoms with Crippen molar-refractivity contribution in [3.63, 3.8) is 0 Å². The highest BCUT2D eigenvalue weighted by molar-refractivity contribution is 9.11.